The SMILES string of the molecule is CNCC/C(Oc1ccc(C(F)(F)F)cc1)=C1/C=CC=CC1. The monoisotopic (exact) mass is 309 g/mol. The van der Waals surface area contributed by atoms with Gasteiger partial charge in [-0.25, -0.2) is 0 Å². The van der Waals surface area contributed by atoms with Crippen LogP contribution in [0.4, 0.5) is 13.2 Å². The van der Waals surface area contributed by atoms with E-state index in [0.717, 1.165) is 36.4 Å². The summed E-state index contributed by atoms with van der Waals surface area (Å²) in [6.45, 7) is 0.733. The average molecular weight is 309 g/mol. The van der Waals surface area contributed by atoms with E-state index >= 15 is 0 Å². The fourth-order valence-corrected chi connectivity index (χ4v) is 2.09. The van der Waals surface area contributed by atoms with Gasteiger partial charge in [0.2, 0.25) is 0 Å². The molecule has 0 saturated heterocycles. The molecule has 2 rings (SSSR count). The summed E-state index contributed by atoms with van der Waals surface area (Å²) in [6.07, 6.45) is 4.97. The summed E-state index contributed by atoms with van der Waals surface area (Å²) in [5.41, 5.74) is 0.363. The van der Waals surface area contributed by atoms with Crippen LogP contribution in [0.3, 0.4) is 0 Å². The number of allylic oxidation sites excluding steroid dienone is 5. The molecule has 118 valence electrons. The maximum absolute atomic E-state index is 12.6. The van der Waals surface area contributed by atoms with E-state index in [1.807, 2.05) is 31.4 Å². The number of rotatable bonds is 5. The molecule has 0 radical (unpaired) electrons. The first-order chi connectivity index (χ1) is 10.5. The fourth-order valence-electron chi connectivity index (χ4n) is 2.09. The van der Waals surface area contributed by atoms with Gasteiger partial charge in [-0.05, 0) is 43.3 Å². The number of hydrogen-bond donors (Lipinski definition) is 1. The van der Waals surface area contributed by atoms with E-state index in [2.05, 4.69) is 5.32 Å². The summed E-state index contributed by atoms with van der Waals surface area (Å²) >= 11 is 0. The van der Waals surface area contributed by atoms with Crippen LogP contribution in [0.15, 0.2) is 59.9 Å². The zero-order valence-corrected chi connectivity index (χ0v) is 12.3. The van der Waals surface area contributed by atoms with E-state index in [1.165, 1.54) is 12.1 Å². The fraction of sp³-hybridized carbons (Fsp3) is 0.294. The molecule has 0 bridgehead atoms. The Balaban J connectivity index is 2.17. The normalized spacial score (nSPS) is 16.7. The molecule has 0 aliphatic heterocycles. The lowest BCUT2D eigenvalue weighted by molar-refractivity contribution is -0.137. The third kappa shape index (κ3) is 4.49. The van der Waals surface area contributed by atoms with Crippen molar-refractivity contribution < 1.29 is 17.9 Å². The van der Waals surface area contributed by atoms with E-state index in [1.54, 1.807) is 0 Å². The summed E-state index contributed by atoms with van der Waals surface area (Å²) < 4.78 is 43.5. The smallest absolute Gasteiger partial charge is 0.416 e. The molecule has 0 atom stereocenters. The number of alkyl halides is 3. The molecule has 1 N–H and O–H groups in total. The second kappa shape index (κ2) is 7.31. The second-order valence-electron chi connectivity index (χ2n) is 4.92. The van der Waals surface area contributed by atoms with Crippen molar-refractivity contribution in [3.8, 4) is 5.75 Å². The molecule has 0 spiro atoms. The largest absolute Gasteiger partial charge is 0.461 e. The molecule has 2 nitrogen and oxygen atoms in total. The Bertz CT molecular complexity index is 583. The van der Waals surface area contributed by atoms with E-state index in [4.69, 9.17) is 4.74 Å². The molecule has 0 saturated carbocycles. The third-order valence-corrected chi connectivity index (χ3v) is 3.27. The van der Waals surface area contributed by atoms with E-state index < -0.39 is 11.7 Å². The van der Waals surface area contributed by atoms with Gasteiger partial charge in [0.25, 0.3) is 0 Å². The minimum absolute atomic E-state index is 0.412. The van der Waals surface area contributed by atoms with Crippen molar-refractivity contribution in [2.75, 3.05) is 13.6 Å². The molecule has 1 aliphatic carbocycles. The zero-order chi connectivity index (χ0) is 16.0. The van der Waals surface area contributed by atoms with E-state index in [0.29, 0.717) is 12.2 Å². The zero-order valence-electron chi connectivity index (χ0n) is 12.3. The first-order valence-corrected chi connectivity index (χ1v) is 7.05. The van der Waals surface area contributed by atoms with Gasteiger partial charge in [0, 0.05) is 13.0 Å². The quantitative estimate of drug-likeness (QED) is 0.811. The average Bonchev–Trinajstić information content (AvgIpc) is 2.52. The van der Waals surface area contributed by atoms with Gasteiger partial charge >= 0.3 is 6.18 Å². The Morgan fingerprint density at radius 2 is 1.91 bits per heavy atom. The van der Waals surface area contributed by atoms with Crippen molar-refractivity contribution in [2.24, 2.45) is 0 Å². The highest BCUT2D eigenvalue weighted by Gasteiger charge is 2.30. The van der Waals surface area contributed by atoms with Gasteiger partial charge in [0.15, 0.2) is 0 Å². The third-order valence-electron chi connectivity index (χ3n) is 3.27. The van der Waals surface area contributed by atoms with Crippen molar-refractivity contribution in [3.05, 3.63) is 65.5 Å². The summed E-state index contributed by atoms with van der Waals surface area (Å²) in [6, 6.07) is 4.77. The minimum atomic E-state index is -4.33. The Hall–Kier alpha value is -2.01. The molecule has 22 heavy (non-hydrogen) atoms. The summed E-state index contributed by atoms with van der Waals surface area (Å²) in [4.78, 5) is 0. The predicted octanol–water partition coefficient (Wildman–Crippen LogP) is 4.46. The first-order valence-electron chi connectivity index (χ1n) is 7.05. The summed E-state index contributed by atoms with van der Waals surface area (Å²) in [5.74, 6) is 1.18. The highest BCUT2D eigenvalue weighted by atomic mass is 19.4. The van der Waals surface area contributed by atoms with E-state index in [-0.39, 0.29) is 0 Å². The molecular formula is C17H18F3NO. The summed E-state index contributed by atoms with van der Waals surface area (Å²) in [5, 5.41) is 3.05. The highest BCUT2D eigenvalue weighted by Crippen LogP contribution is 2.31. The van der Waals surface area contributed by atoms with Crippen molar-refractivity contribution in [1.29, 1.82) is 0 Å². The Labute approximate surface area is 128 Å². The number of nitrogens with one attached hydrogen (secondary N) is 1. The number of halogens is 3. The van der Waals surface area contributed by atoms with Crippen LogP contribution in [-0.4, -0.2) is 13.6 Å². The Morgan fingerprint density at radius 1 is 1.18 bits per heavy atom. The molecule has 0 fully saturated rings. The Kier molecular flexibility index (Phi) is 5.44. The van der Waals surface area contributed by atoms with Gasteiger partial charge < -0.3 is 10.1 Å². The molecule has 1 aromatic carbocycles. The molecule has 1 aliphatic rings. The molecule has 0 aromatic heterocycles. The maximum Gasteiger partial charge on any atom is 0.416 e. The molecular weight excluding hydrogens is 291 g/mol. The molecule has 0 amide bonds. The molecule has 0 heterocycles. The number of hydrogen-bond acceptors (Lipinski definition) is 2. The minimum Gasteiger partial charge on any atom is -0.461 e. The Morgan fingerprint density at radius 3 is 2.45 bits per heavy atom. The maximum atomic E-state index is 12.6. The van der Waals surface area contributed by atoms with Crippen LogP contribution in [0.1, 0.15) is 18.4 Å². The molecule has 1 aromatic rings. The van der Waals surface area contributed by atoms with Crippen LogP contribution >= 0.6 is 0 Å². The number of ether oxygens (including phenoxy) is 1. The van der Waals surface area contributed by atoms with Crippen molar-refractivity contribution in [2.45, 2.75) is 19.0 Å². The van der Waals surface area contributed by atoms with Gasteiger partial charge in [-0.15, -0.1) is 0 Å². The molecule has 5 heteroatoms. The standard InChI is InChI=1S/C17H18F3NO/c1-21-12-11-16(13-5-3-2-4-6-13)22-15-9-7-14(8-10-15)17(18,19)20/h2-5,7-10,21H,6,11-12H2,1H3/b16-13+. The van der Waals surface area contributed by atoms with Gasteiger partial charge in [-0.2, -0.15) is 13.2 Å². The van der Waals surface area contributed by atoms with Crippen LogP contribution in [0.25, 0.3) is 0 Å². The second-order valence-corrected chi connectivity index (χ2v) is 4.92. The summed E-state index contributed by atoms with van der Waals surface area (Å²) in [7, 11) is 1.84. The predicted molar refractivity (Wildman–Crippen MR) is 80.5 cm³/mol. The lowest BCUT2D eigenvalue weighted by Gasteiger charge is -2.15. The van der Waals surface area contributed by atoms with Crippen LogP contribution < -0.4 is 10.1 Å². The lowest BCUT2D eigenvalue weighted by atomic mass is 10.0. The highest BCUT2D eigenvalue weighted by molar-refractivity contribution is 5.35. The van der Waals surface area contributed by atoms with Crippen molar-refractivity contribution in [1.82, 2.24) is 5.32 Å². The van der Waals surface area contributed by atoms with Crippen molar-refractivity contribution >= 4 is 0 Å². The van der Waals surface area contributed by atoms with Gasteiger partial charge in [0.1, 0.15) is 11.5 Å². The van der Waals surface area contributed by atoms with Gasteiger partial charge in [0.05, 0.1) is 5.56 Å². The van der Waals surface area contributed by atoms with Gasteiger partial charge in [-0.1, -0.05) is 24.3 Å². The number of benzene rings is 1. The lowest BCUT2D eigenvalue weighted by Crippen LogP contribution is -2.12. The van der Waals surface area contributed by atoms with Crippen molar-refractivity contribution in [3.63, 3.8) is 0 Å². The van der Waals surface area contributed by atoms with Crippen LogP contribution in [0.5, 0.6) is 5.75 Å². The first kappa shape index (κ1) is 16.4. The van der Waals surface area contributed by atoms with Gasteiger partial charge in [-0.3, -0.25) is 0 Å². The van der Waals surface area contributed by atoms with Crippen LogP contribution in [-0.2, 0) is 6.18 Å². The molecule has 0 unspecified atom stereocenters. The van der Waals surface area contributed by atoms with Crippen LogP contribution in [0, 0.1) is 0 Å². The van der Waals surface area contributed by atoms with Crippen LogP contribution in [0.2, 0.25) is 0 Å². The van der Waals surface area contributed by atoms with E-state index in [9.17, 15) is 13.2 Å². The topological polar surface area (TPSA) is 21.3 Å².